The molecule has 0 N–H and O–H groups in total. The molecule has 1 atom stereocenters. The van der Waals surface area contributed by atoms with Gasteiger partial charge in [-0.05, 0) is 0 Å². The van der Waals surface area contributed by atoms with Crippen LogP contribution in [0.5, 0.6) is 5.75 Å². The fraction of sp³-hybridized carbons (Fsp3) is 0.571. The zero-order chi connectivity index (χ0) is 21.9. The van der Waals surface area contributed by atoms with E-state index in [9.17, 15) is 14.9 Å². The summed E-state index contributed by atoms with van der Waals surface area (Å²) >= 11 is -0.640. The Bertz CT molecular complexity index is 731. The number of non-ortho nitro benzene ring substituents is 1. The Kier molecular flexibility index (Phi) is 10.5. The van der Waals surface area contributed by atoms with E-state index in [-0.39, 0.29) is 17.7 Å². The van der Waals surface area contributed by atoms with E-state index in [0.29, 0.717) is 24.5 Å². The summed E-state index contributed by atoms with van der Waals surface area (Å²) in [5, 5.41) is 10.9. The van der Waals surface area contributed by atoms with Crippen LogP contribution in [0.25, 0.3) is 6.08 Å². The summed E-state index contributed by atoms with van der Waals surface area (Å²) < 4.78 is 12.3. The van der Waals surface area contributed by atoms with Crippen molar-refractivity contribution in [2.24, 2.45) is 0 Å². The topological polar surface area (TPSA) is 85.2 Å². The van der Waals surface area contributed by atoms with Crippen molar-refractivity contribution in [1.29, 1.82) is 0 Å². The summed E-state index contributed by atoms with van der Waals surface area (Å²) in [6, 6.07) is 4.79. The molecule has 8 nitrogen and oxygen atoms in total. The van der Waals surface area contributed by atoms with Gasteiger partial charge in [0.05, 0.1) is 4.92 Å². The molecule has 1 aromatic rings. The van der Waals surface area contributed by atoms with Gasteiger partial charge in [0.2, 0.25) is 0 Å². The average Bonchev–Trinajstić information content (AvgIpc) is 2.73. The first-order valence-corrected chi connectivity index (χ1v) is 12.9. The van der Waals surface area contributed by atoms with Gasteiger partial charge in [-0.3, -0.25) is 10.1 Å². The number of halogens is 1. The second-order valence-corrected chi connectivity index (χ2v) is 9.60. The second kappa shape index (κ2) is 12.9. The molecule has 30 heavy (non-hydrogen) atoms. The third-order valence-electron chi connectivity index (χ3n) is 5.00. The van der Waals surface area contributed by atoms with E-state index in [1.807, 2.05) is 0 Å². The van der Waals surface area contributed by atoms with Crippen LogP contribution in [0, 0.1) is 10.1 Å². The van der Waals surface area contributed by atoms with Crippen molar-refractivity contribution >= 4 is 39.4 Å². The number of nitro groups is 1. The van der Waals surface area contributed by atoms with Crippen LogP contribution in [0.2, 0.25) is 0 Å². The third kappa shape index (κ3) is 7.84. The molecule has 1 saturated heterocycles. The maximum absolute atomic E-state index is 12.0. The van der Waals surface area contributed by atoms with E-state index in [0.717, 1.165) is 43.4 Å². The third-order valence-corrected chi connectivity index (χ3v) is 7.17. The van der Waals surface area contributed by atoms with E-state index in [2.05, 4.69) is 30.2 Å². The number of ether oxygens (including phenoxy) is 1. The van der Waals surface area contributed by atoms with Crippen LogP contribution in [-0.2, 0) is 7.86 Å². The fourth-order valence-corrected chi connectivity index (χ4v) is 5.16. The minimum atomic E-state index is -0.640. The van der Waals surface area contributed by atoms with Crippen LogP contribution in [0.3, 0.4) is 0 Å². The number of piperazine rings is 1. The molecule has 1 unspecified atom stereocenters. The number of nitrogens with zero attached hydrogens (tertiary/aromatic N) is 3. The quantitative estimate of drug-likeness (QED) is 0.134. The molecule has 0 amide bonds. The van der Waals surface area contributed by atoms with Gasteiger partial charge in [0.15, 0.2) is 0 Å². The first-order chi connectivity index (χ1) is 14.4. The minimum absolute atomic E-state index is 0.0218. The van der Waals surface area contributed by atoms with Crippen LogP contribution in [0.4, 0.5) is 5.69 Å². The zero-order valence-electron chi connectivity index (χ0n) is 17.7. The summed E-state index contributed by atoms with van der Waals surface area (Å²) in [5.74, 6) is 0.504. The second-order valence-electron chi connectivity index (χ2n) is 7.28. The monoisotopic (exact) mass is 533 g/mol. The molecule has 9 heteroatoms. The predicted molar refractivity (Wildman–Crippen MR) is 127 cm³/mol. The van der Waals surface area contributed by atoms with Crippen LogP contribution >= 0.6 is 21.6 Å². The molecule has 0 aromatic heterocycles. The molecule has 1 heterocycles. The van der Waals surface area contributed by atoms with Gasteiger partial charge >= 0.3 is 144 Å². The Morgan fingerprint density at radius 1 is 1.43 bits per heavy atom. The van der Waals surface area contributed by atoms with Gasteiger partial charge in [-0.25, -0.2) is 0 Å². The predicted octanol–water partition coefficient (Wildman–Crippen LogP) is 3.58. The van der Waals surface area contributed by atoms with E-state index in [1.54, 1.807) is 12.1 Å². The molecule has 1 aromatic carbocycles. The Balaban J connectivity index is 1.73. The number of hydrogen-bond donors (Lipinski definition) is 0. The Morgan fingerprint density at radius 3 is 2.90 bits per heavy atom. The Morgan fingerprint density at radius 2 is 2.23 bits per heavy atom. The first-order valence-electron chi connectivity index (χ1n) is 10.3. The molecule has 168 valence electrons. The number of nitro benzene ring substituents is 1. The average molecular weight is 533 g/mol. The maximum atomic E-state index is 12.0. The molecule has 0 aliphatic carbocycles. The summed E-state index contributed by atoms with van der Waals surface area (Å²) in [6.07, 6.45) is 3.85. The van der Waals surface area contributed by atoms with Gasteiger partial charge in [0, 0.05) is 12.1 Å². The van der Waals surface area contributed by atoms with E-state index in [1.165, 1.54) is 12.1 Å². The SMILES string of the molecule is C=Cc1cc([N+](=O)[O-])ccc1OCCN1CCN(CC(=O)O[IH]CCCC)C(C)C1. The van der Waals surface area contributed by atoms with Gasteiger partial charge < -0.3 is 0 Å². The molecule has 0 radical (unpaired) electrons. The molecule has 2 rings (SSSR count). The normalized spacial score (nSPS) is 17.6. The molecule has 0 spiro atoms. The molecule has 0 bridgehead atoms. The van der Waals surface area contributed by atoms with E-state index in [4.69, 9.17) is 7.80 Å². The van der Waals surface area contributed by atoms with E-state index < -0.39 is 26.5 Å². The van der Waals surface area contributed by atoms with Crippen LogP contribution in [0.15, 0.2) is 24.8 Å². The molecule has 1 aliphatic rings. The van der Waals surface area contributed by atoms with Crippen molar-refractivity contribution in [2.75, 3.05) is 43.8 Å². The van der Waals surface area contributed by atoms with Crippen molar-refractivity contribution in [3.05, 3.63) is 40.5 Å². The number of benzene rings is 1. The molecular weight excluding hydrogens is 501 g/mol. The number of carbonyl (C=O) groups is 1. The fourth-order valence-electron chi connectivity index (χ4n) is 3.24. The molecule has 0 saturated carbocycles. The summed E-state index contributed by atoms with van der Waals surface area (Å²) in [4.78, 5) is 27.0. The number of alkyl halides is 1. The summed E-state index contributed by atoms with van der Waals surface area (Å²) in [5.41, 5.74) is 0.636. The summed E-state index contributed by atoms with van der Waals surface area (Å²) in [7, 11) is 0. The van der Waals surface area contributed by atoms with Gasteiger partial charge in [-0.15, -0.1) is 0 Å². The Hall–Kier alpha value is -1.72. The van der Waals surface area contributed by atoms with Gasteiger partial charge in [-0.1, -0.05) is 12.7 Å². The zero-order valence-corrected chi connectivity index (χ0v) is 20.1. The molecule has 1 fully saturated rings. The van der Waals surface area contributed by atoms with Crippen molar-refractivity contribution in [3.8, 4) is 5.75 Å². The number of hydrogen-bond acceptors (Lipinski definition) is 7. The van der Waals surface area contributed by atoms with Crippen LogP contribution < -0.4 is 4.74 Å². The van der Waals surface area contributed by atoms with Gasteiger partial charge in [0.1, 0.15) is 0 Å². The Labute approximate surface area is 189 Å². The number of rotatable bonds is 12. The molecular formula is C21H32IN3O5. The van der Waals surface area contributed by atoms with Gasteiger partial charge in [-0.2, -0.15) is 0 Å². The molecule has 1 aliphatic heterocycles. The number of carbonyl (C=O) groups excluding carboxylic acids is 1. The van der Waals surface area contributed by atoms with Crippen LogP contribution in [-0.4, -0.2) is 70.5 Å². The summed E-state index contributed by atoms with van der Waals surface area (Å²) in [6.45, 7) is 12.1. The van der Waals surface area contributed by atoms with Crippen molar-refractivity contribution < 1.29 is 17.5 Å². The first kappa shape index (κ1) is 24.5. The van der Waals surface area contributed by atoms with Crippen molar-refractivity contribution in [1.82, 2.24) is 9.80 Å². The van der Waals surface area contributed by atoms with Crippen molar-refractivity contribution in [3.63, 3.8) is 0 Å². The number of unbranched alkanes of at least 4 members (excludes halogenated alkanes) is 1. The van der Waals surface area contributed by atoms with Gasteiger partial charge in [0.25, 0.3) is 5.69 Å². The van der Waals surface area contributed by atoms with Crippen molar-refractivity contribution in [2.45, 2.75) is 32.7 Å². The van der Waals surface area contributed by atoms with Crippen LogP contribution in [0.1, 0.15) is 32.3 Å². The standard InChI is InChI=1S/C21H32IN3O5/c1-4-6-9-22-30-21(26)16-24-11-10-23(15-17(24)3)12-13-29-20-8-7-19(25(27)28)14-18(20)5-2/h5,7-8,14,17,22H,2,4,6,9-13,15-16H2,1,3H3. The van der Waals surface area contributed by atoms with E-state index >= 15 is 0 Å².